The first-order chi connectivity index (χ1) is 34.0. The van der Waals surface area contributed by atoms with Gasteiger partial charge in [-0.05, 0) is 96.3 Å². The van der Waals surface area contributed by atoms with Crippen LogP contribution in [0.1, 0.15) is 278 Å². The second-order valence-electron chi connectivity index (χ2n) is 19.2. The molecule has 396 valence electrons. The highest BCUT2D eigenvalue weighted by atomic mass is 16.6. The van der Waals surface area contributed by atoms with Gasteiger partial charge in [-0.15, -0.1) is 0 Å². The van der Waals surface area contributed by atoms with Gasteiger partial charge in [-0.3, -0.25) is 14.4 Å². The Labute approximate surface area is 426 Å². The number of unbranched alkanes of at least 4 members (excludes halogenated alkanes) is 27. The fraction of sp³-hybridized carbons (Fsp3) is 0.730. The highest BCUT2D eigenvalue weighted by Crippen LogP contribution is 2.15. The Bertz CT molecular complexity index is 1330. The Morgan fingerprint density at radius 3 is 0.913 bits per heavy atom. The molecule has 0 saturated heterocycles. The number of rotatable bonds is 52. The van der Waals surface area contributed by atoms with Crippen LogP contribution in [-0.4, -0.2) is 37.2 Å². The lowest BCUT2D eigenvalue weighted by molar-refractivity contribution is -0.167. The van der Waals surface area contributed by atoms with Crippen LogP contribution >= 0.6 is 0 Å². The van der Waals surface area contributed by atoms with E-state index in [1.807, 2.05) is 0 Å². The lowest BCUT2D eigenvalue weighted by Gasteiger charge is -2.18. The molecule has 1 unspecified atom stereocenters. The first-order valence-corrected chi connectivity index (χ1v) is 29.1. The molecule has 0 heterocycles. The van der Waals surface area contributed by atoms with Crippen molar-refractivity contribution in [3.8, 4) is 0 Å². The van der Waals surface area contributed by atoms with Crippen LogP contribution in [0, 0.1) is 0 Å². The van der Waals surface area contributed by atoms with Gasteiger partial charge in [-0.2, -0.15) is 0 Å². The maximum Gasteiger partial charge on any atom is 0.306 e. The van der Waals surface area contributed by atoms with Gasteiger partial charge in [0.2, 0.25) is 0 Å². The molecule has 0 aliphatic heterocycles. The molecule has 0 aromatic rings. The van der Waals surface area contributed by atoms with E-state index >= 15 is 0 Å². The monoisotopic (exact) mass is 961 g/mol. The second kappa shape index (κ2) is 57.2. The molecule has 0 amide bonds. The summed E-state index contributed by atoms with van der Waals surface area (Å²) in [7, 11) is 0. The summed E-state index contributed by atoms with van der Waals surface area (Å²) in [5.41, 5.74) is 0. The SMILES string of the molecule is CC/C=C\C/C=C\C/C=C\C/C=C\C/C=C\CCCCCCCC(=O)OCC(COC(=O)CCCCCCCCCCCCCCCCC)OC(=O)CCCCCCC/C=C\C/C=C\CCCCC. The third kappa shape index (κ3) is 55.4. The molecule has 0 radical (unpaired) electrons. The Kier molecular flexibility index (Phi) is 54.3. The maximum atomic E-state index is 12.8. The summed E-state index contributed by atoms with van der Waals surface area (Å²) in [5.74, 6) is -0.912. The van der Waals surface area contributed by atoms with Crippen LogP contribution in [0.25, 0.3) is 0 Å². The lowest BCUT2D eigenvalue weighted by atomic mass is 10.0. The van der Waals surface area contributed by atoms with Gasteiger partial charge in [0, 0.05) is 19.3 Å². The van der Waals surface area contributed by atoms with E-state index in [-0.39, 0.29) is 31.1 Å². The molecule has 0 aliphatic carbocycles. The molecule has 0 spiro atoms. The zero-order valence-electron chi connectivity index (χ0n) is 45.3. The second-order valence-corrected chi connectivity index (χ2v) is 19.2. The highest BCUT2D eigenvalue weighted by molar-refractivity contribution is 5.71. The summed E-state index contributed by atoms with van der Waals surface area (Å²) < 4.78 is 16.9. The third-order valence-electron chi connectivity index (χ3n) is 12.4. The maximum absolute atomic E-state index is 12.8. The van der Waals surface area contributed by atoms with E-state index in [0.717, 1.165) is 135 Å². The third-order valence-corrected chi connectivity index (χ3v) is 12.4. The van der Waals surface area contributed by atoms with Crippen LogP contribution in [0.5, 0.6) is 0 Å². The molecule has 0 rings (SSSR count). The lowest BCUT2D eigenvalue weighted by Crippen LogP contribution is -2.30. The van der Waals surface area contributed by atoms with Gasteiger partial charge in [0.25, 0.3) is 0 Å². The molecule has 0 aromatic carbocycles. The summed E-state index contributed by atoms with van der Waals surface area (Å²) in [5, 5.41) is 0. The number of esters is 3. The Morgan fingerprint density at radius 2 is 0.565 bits per heavy atom. The van der Waals surface area contributed by atoms with Crippen LogP contribution in [0.4, 0.5) is 0 Å². The van der Waals surface area contributed by atoms with Gasteiger partial charge in [0.05, 0.1) is 0 Å². The Balaban J connectivity index is 4.42. The van der Waals surface area contributed by atoms with Gasteiger partial charge in [0.1, 0.15) is 13.2 Å². The van der Waals surface area contributed by atoms with Crippen LogP contribution in [0.2, 0.25) is 0 Å². The van der Waals surface area contributed by atoms with E-state index in [1.54, 1.807) is 0 Å². The van der Waals surface area contributed by atoms with Gasteiger partial charge >= 0.3 is 17.9 Å². The van der Waals surface area contributed by atoms with Crippen molar-refractivity contribution >= 4 is 17.9 Å². The van der Waals surface area contributed by atoms with Crippen LogP contribution in [0.3, 0.4) is 0 Å². The predicted octanol–water partition coefficient (Wildman–Crippen LogP) is 19.5. The standard InChI is InChI=1S/C63H108O6/c1-4-7-10-13-16-19-22-25-28-29-30-31-32-33-36-38-41-44-47-50-53-56-62(65)68-59-60(69-63(66)57-54-51-48-45-42-39-35-27-24-21-18-15-12-9-6-3)58-67-61(64)55-52-49-46-43-40-37-34-26-23-20-17-14-11-8-5-2/h7,10,16,18-19,21,25,27-28,30-31,33,35-36,60H,4-6,8-9,11-15,17,20,22-24,26,29,32,34,37-59H2,1-3H3/b10-7-,19-16-,21-18-,28-25-,31-30-,35-27-,36-33-. The van der Waals surface area contributed by atoms with Crippen molar-refractivity contribution in [1.82, 2.24) is 0 Å². The average Bonchev–Trinajstić information content (AvgIpc) is 3.35. The van der Waals surface area contributed by atoms with E-state index in [1.165, 1.54) is 103 Å². The molecule has 0 aliphatic rings. The van der Waals surface area contributed by atoms with E-state index < -0.39 is 6.10 Å². The minimum absolute atomic E-state index is 0.0867. The molecule has 0 N–H and O–H groups in total. The fourth-order valence-corrected chi connectivity index (χ4v) is 8.03. The van der Waals surface area contributed by atoms with Gasteiger partial charge < -0.3 is 14.2 Å². The molecule has 69 heavy (non-hydrogen) atoms. The van der Waals surface area contributed by atoms with Gasteiger partial charge in [0.15, 0.2) is 6.10 Å². The average molecular weight is 962 g/mol. The van der Waals surface area contributed by atoms with Crippen LogP contribution < -0.4 is 0 Å². The predicted molar refractivity (Wildman–Crippen MR) is 297 cm³/mol. The zero-order valence-corrected chi connectivity index (χ0v) is 45.3. The number of hydrogen-bond acceptors (Lipinski definition) is 6. The zero-order chi connectivity index (χ0) is 50.0. The minimum atomic E-state index is -0.791. The number of carbonyl (C=O) groups excluding carboxylic acids is 3. The number of ether oxygens (including phenoxy) is 3. The van der Waals surface area contributed by atoms with Crippen molar-refractivity contribution in [1.29, 1.82) is 0 Å². The summed E-state index contributed by atoms with van der Waals surface area (Å²) in [4.78, 5) is 38.2. The quantitative estimate of drug-likeness (QED) is 0.0262. The molecule has 6 heteroatoms. The van der Waals surface area contributed by atoms with Gasteiger partial charge in [-0.25, -0.2) is 0 Å². The normalized spacial score (nSPS) is 12.7. The smallest absolute Gasteiger partial charge is 0.306 e. The topological polar surface area (TPSA) is 78.9 Å². The number of hydrogen-bond donors (Lipinski definition) is 0. The van der Waals surface area contributed by atoms with Crippen molar-refractivity contribution in [3.05, 3.63) is 85.1 Å². The van der Waals surface area contributed by atoms with E-state index in [4.69, 9.17) is 14.2 Å². The van der Waals surface area contributed by atoms with Crippen molar-refractivity contribution in [2.45, 2.75) is 284 Å². The molecule has 0 aromatic heterocycles. The van der Waals surface area contributed by atoms with Crippen molar-refractivity contribution < 1.29 is 28.6 Å². The van der Waals surface area contributed by atoms with Gasteiger partial charge in [-0.1, -0.05) is 247 Å². The van der Waals surface area contributed by atoms with E-state index in [0.29, 0.717) is 19.3 Å². The summed E-state index contributed by atoms with van der Waals surface area (Å²) in [6.07, 6.45) is 74.2. The Morgan fingerprint density at radius 1 is 0.304 bits per heavy atom. The minimum Gasteiger partial charge on any atom is -0.462 e. The number of allylic oxidation sites excluding steroid dienone is 14. The van der Waals surface area contributed by atoms with Crippen molar-refractivity contribution in [2.75, 3.05) is 13.2 Å². The molecule has 0 fully saturated rings. The largest absolute Gasteiger partial charge is 0.462 e. The first-order valence-electron chi connectivity index (χ1n) is 29.1. The number of carbonyl (C=O) groups is 3. The van der Waals surface area contributed by atoms with Crippen molar-refractivity contribution in [3.63, 3.8) is 0 Å². The van der Waals surface area contributed by atoms with Crippen molar-refractivity contribution in [2.24, 2.45) is 0 Å². The van der Waals surface area contributed by atoms with Crippen LogP contribution in [-0.2, 0) is 28.6 Å². The first kappa shape index (κ1) is 65.6. The summed E-state index contributed by atoms with van der Waals surface area (Å²) >= 11 is 0. The van der Waals surface area contributed by atoms with Crippen LogP contribution in [0.15, 0.2) is 85.1 Å². The van der Waals surface area contributed by atoms with E-state index in [2.05, 4.69) is 106 Å². The molecule has 0 bridgehead atoms. The molecular formula is C63H108O6. The molecule has 0 saturated carbocycles. The summed E-state index contributed by atoms with van der Waals surface area (Å²) in [6.45, 7) is 6.49. The summed E-state index contributed by atoms with van der Waals surface area (Å²) in [6, 6.07) is 0. The Hall–Kier alpha value is -3.41. The molecule has 6 nitrogen and oxygen atoms in total. The highest BCUT2D eigenvalue weighted by Gasteiger charge is 2.19. The van der Waals surface area contributed by atoms with E-state index in [9.17, 15) is 14.4 Å². The molecular weight excluding hydrogens is 853 g/mol. The molecule has 1 atom stereocenters. The fourth-order valence-electron chi connectivity index (χ4n) is 8.03.